The number of hydrogen-bond acceptors (Lipinski definition) is 3. The van der Waals surface area contributed by atoms with Gasteiger partial charge in [0.05, 0.1) is 5.56 Å². The third kappa shape index (κ3) is 3.29. The maximum Gasteiger partial charge on any atom is 0.203 e. The highest BCUT2D eigenvalue weighted by atomic mass is 16.5. The molecule has 2 aromatic rings. The lowest BCUT2D eigenvalue weighted by molar-refractivity contribution is 0.0817. The number of hydrogen-bond donors (Lipinski definition) is 0. The highest BCUT2D eigenvalue weighted by Gasteiger charge is 2.18. The lowest BCUT2D eigenvalue weighted by Gasteiger charge is -2.15. The van der Waals surface area contributed by atoms with Crippen LogP contribution in [0.4, 0.5) is 0 Å². The normalized spacial score (nSPS) is 11.5. The van der Waals surface area contributed by atoms with Crippen LogP contribution in [0.2, 0.25) is 0 Å². The number of para-hydroxylation sites is 1. The van der Waals surface area contributed by atoms with Crippen molar-refractivity contribution in [3.8, 4) is 11.8 Å². The molecule has 0 saturated carbocycles. The van der Waals surface area contributed by atoms with E-state index in [2.05, 4.69) is 6.07 Å². The predicted molar refractivity (Wildman–Crippen MR) is 81.5 cm³/mol. The Labute approximate surface area is 124 Å². The van der Waals surface area contributed by atoms with Gasteiger partial charge in [-0.3, -0.25) is 4.79 Å². The third-order valence-corrected chi connectivity index (χ3v) is 3.47. The molecule has 0 N–H and O–H groups in total. The van der Waals surface area contributed by atoms with Crippen molar-refractivity contribution in [3.63, 3.8) is 0 Å². The summed E-state index contributed by atoms with van der Waals surface area (Å²) in [7, 11) is 0. The molecular weight excluding hydrogens is 262 g/mol. The standard InChI is InChI=1S/C18H17NO2/c1-12-8-9-15(10-13(12)2)18(20)14(3)21-17-7-5-4-6-16(17)11-19/h4-10,14H,1-3H3/t14-/m1/s1. The second-order valence-electron chi connectivity index (χ2n) is 5.03. The van der Waals surface area contributed by atoms with Gasteiger partial charge in [0.2, 0.25) is 5.78 Å². The van der Waals surface area contributed by atoms with Crippen molar-refractivity contribution in [1.82, 2.24) is 0 Å². The number of benzene rings is 2. The number of carbonyl (C=O) groups is 1. The fraction of sp³-hybridized carbons (Fsp3) is 0.222. The van der Waals surface area contributed by atoms with Crippen molar-refractivity contribution in [3.05, 3.63) is 64.7 Å². The van der Waals surface area contributed by atoms with Gasteiger partial charge < -0.3 is 4.74 Å². The minimum Gasteiger partial charge on any atom is -0.481 e. The molecule has 0 aliphatic heterocycles. The van der Waals surface area contributed by atoms with Gasteiger partial charge in [-0.05, 0) is 50.1 Å². The Morgan fingerprint density at radius 3 is 2.52 bits per heavy atom. The lowest BCUT2D eigenvalue weighted by Crippen LogP contribution is -2.24. The van der Waals surface area contributed by atoms with Crippen LogP contribution >= 0.6 is 0 Å². The van der Waals surface area contributed by atoms with Crippen LogP contribution in [0.1, 0.15) is 34.0 Å². The van der Waals surface area contributed by atoms with E-state index >= 15 is 0 Å². The number of carbonyl (C=O) groups excluding carboxylic acids is 1. The summed E-state index contributed by atoms with van der Waals surface area (Å²) in [5.41, 5.74) is 3.28. The Kier molecular flexibility index (Phi) is 4.39. The van der Waals surface area contributed by atoms with Crippen LogP contribution in [0.15, 0.2) is 42.5 Å². The SMILES string of the molecule is Cc1ccc(C(=O)[C@@H](C)Oc2ccccc2C#N)cc1C. The van der Waals surface area contributed by atoms with Crippen LogP contribution in [-0.4, -0.2) is 11.9 Å². The summed E-state index contributed by atoms with van der Waals surface area (Å²) in [6.07, 6.45) is -0.637. The first-order chi connectivity index (χ1) is 10.0. The van der Waals surface area contributed by atoms with Crippen molar-refractivity contribution in [1.29, 1.82) is 5.26 Å². The third-order valence-electron chi connectivity index (χ3n) is 3.47. The molecule has 2 aromatic carbocycles. The number of Topliss-reactive ketones (excluding diaryl/α,β-unsaturated/α-hetero) is 1. The van der Waals surface area contributed by atoms with Crippen molar-refractivity contribution in [2.75, 3.05) is 0 Å². The van der Waals surface area contributed by atoms with Gasteiger partial charge in [0, 0.05) is 5.56 Å². The second kappa shape index (κ2) is 6.23. The average molecular weight is 279 g/mol. The van der Waals surface area contributed by atoms with E-state index in [1.165, 1.54) is 0 Å². The molecule has 0 amide bonds. The summed E-state index contributed by atoms with van der Waals surface area (Å²) >= 11 is 0. The summed E-state index contributed by atoms with van der Waals surface area (Å²) < 4.78 is 5.65. The van der Waals surface area contributed by atoms with Gasteiger partial charge in [0.25, 0.3) is 0 Å². The summed E-state index contributed by atoms with van der Waals surface area (Å²) in [5, 5.41) is 9.04. The molecule has 0 aromatic heterocycles. The van der Waals surface area contributed by atoms with Crippen molar-refractivity contribution in [2.24, 2.45) is 0 Å². The van der Waals surface area contributed by atoms with E-state index in [1.54, 1.807) is 37.3 Å². The Bertz CT molecular complexity index is 713. The van der Waals surface area contributed by atoms with Gasteiger partial charge in [-0.25, -0.2) is 0 Å². The predicted octanol–water partition coefficient (Wildman–Crippen LogP) is 3.83. The second-order valence-corrected chi connectivity index (χ2v) is 5.03. The Balaban J connectivity index is 2.20. The number of rotatable bonds is 4. The molecule has 0 aliphatic rings. The topological polar surface area (TPSA) is 50.1 Å². The highest BCUT2D eigenvalue weighted by molar-refractivity contribution is 5.99. The molecule has 0 bridgehead atoms. The summed E-state index contributed by atoms with van der Waals surface area (Å²) in [6.45, 7) is 5.68. The number of nitriles is 1. The van der Waals surface area contributed by atoms with E-state index in [0.29, 0.717) is 16.9 Å². The zero-order valence-corrected chi connectivity index (χ0v) is 12.4. The van der Waals surface area contributed by atoms with E-state index in [1.807, 2.05) is 26.0 Å². The van der Waals surface area contributed by atoms with Crippen LogP contribution in [0.3, 0.4) is 0 Å². The molecule has 3 heteroatoms. The van der Waals surface area contributed by atoms with Crippen LogP contribution in [-0.2, 0) is 0 Å². The molecule has 0 radical (unpaired) electrons. The van der Waals surface area contributed by atoms with E-state index in [4.69, 9.17) is 10.00 Å². The zero-order chi connectivity index (χ0) is 15.4. The maximum atomic E-state index is 12.4. The van der Waals surface area contributed by atoms with E-state index in [0.717, 1.165) is 11.1 Å². The minimum absolute atomic E-state index is 0.0918. The van der Waals surface area contributed by atoms with Gasteiger partial charge in [-0.2, -0.15) is 5.26 Å². The van der Waals surface area contributed by atoms with Crippen LogP contribution < -0.4 is 4.74 Å². The van der Waals surface area contributed by atoms with E-state index in [9.17, 15) is 4.79 Å². The fourth-order valence-electron chi connectivity index (χ4n) is 2.04. The van der Waals surface area contributed by atoms with Gasteiger partial charge in [-0.15, -0.1) is 0 Å². The van der Waals surface area contributed by atoms with E-state index < -0.39 is 6.10 Å². The summed E-state index contributed by atoms with van der Waals surface area (Å²) in [5.74, 6) is 0.343. The first-order valence-electron chi connectivity index (χ1n) is 6.80. The van der Waals surface area contributed by atoms with Crippen LogP contribution in [0.5, 0.6) is 5.75 Å². The molecule has 0 saturated heterocycles. The number of ketones is 1. The largest absolute Gasteiger partial charge is 0.481 e. The molecule has 0 aliphatic carbocycles. The molecular formula is C18H17NO2. The summed E-state index contributed by atoms with van der Waals surface area (Å²) in [6, 6.07) is 14.6. The van der Waals surface area contributed by atoms with Gasteiger partial charge in [-0.1, -0.05) is 24.3 Å². The first-order valence-corrected chi connectivity index (χ1v) is 6.80. The molecule has 0 unspecified atom stereocenters. The van der Waals surface area contributed by atoms with Gasteiger partial charge >= 0.3 is 0 Å². The van der Waals surface area contributed by atoms with E-state index in [-0.39, 0.29) is 5.78 Å². The van der Waals surface area contributed by atoms with Crippen molar-refractivity contribution < 1.29 is 9.53 Å². The van der Waals surface area contributed by atoms with Gasteiger partial charge in [0.15, 0.2) is 6.10 Å². The molecule has 3 nitrogen and oxygen atoms in total. The molecule has 21 heavy (non-hydrogen) atoms. The average Bonchev–Trinajstić information content (AvgIpc) is 2.49. The Morgan fingerprint density at radius 2 is 1.86 bits per heavy atom. The molecule has 1 atom stereocenters. The number of ether oxygens (including phenoxy) is 1. The highest BCUT2D eigenvalue weighted by Crippen LogP contribution is 2.20. The first kappa shape index (κ1) is 14.8. The fourth-order valence-corrected chi connectivity index (χ4v) is 2.04. The van der Waals surface area contributed by atoms with Crippen LogP contribution in [0, 0.1) is 25.2 Å². The minimum atomic E-state index is -0.637. The molecule has 0 fully saturated rings. The summed E-state index contributed by atoms with van der Waals surface area (Å²) in [4.78, 5) is 12.4. The smallest absolute Gasteiger partial charge is 0.203 e. The Morgan fingerprint density at radius 1 is 1.14 bits per heavy atom. The molecule has 0 heterocycles. The monoisotopic (exact) mass is 279 g/mol. The van der Waals surface area contributed by atoms with Crippen LogP contribution in [0.25, 0.3) is 0 Å². The molecule has 0 spiro atoms. The zero-order valence-electron chi connectivity index (χ0n) is 12.4. The van der Waals surface area contributed by atoms with Crippen molar-refractivity contribution in [2.45, 2.75) is 26.9 Å². The molecule has 2 rings (SSSR count). The number of aryl methyl sites for hydroxylation is 2. The Hall–Kier alpha value is -2.60. The lowest BCUT2D eigenvalue weighted by atomic mass is 10.0. The van der Waals surface area contributed by atoms with Crippen molar-refractivity contribution >= 4 is 5.78 Å². The molecule has 106 valence electrons. The maximum absolute atomic E-state index is 12.4. The van der Waals surface area contributed by atoms with Gasteiger partial charge in [0.1, 0.15) is 11.8 Å². The quantitative estimate of drug-likeness (QED) is 0.799. The number of nitrogens with zero attached hydrogens (tertiary/aromatic N) is 1.